The van der Waals surface area contributed by atoms with Crippen LogP contribution in [0.2, 0.25) is 0 Å². The number of hydrogen-bond acceptors (Lipinski definition) is 8. The van der Waals surface area contributed by atoms with E-state index in [1.54, 1.807) is 30.3 Å². The van der Waals surface area contributed by atoms with Gasteiger partial charge >= 0.3 is 5.97 Å². The number of rotatable bonds is 5. The number of ether oxygens (including phenoxy) is 1. The average Bonchev–Trinajstić information content (AvgIpc) is 2.76. The van der Waals surface area contributed by atoms with Gasteiger partial charge in [0.1, 0.15) is 6.10 Å². The Morgan fingerprint density at radius 1 is 1.35 bits per heavy atom. The van der Waals surface area contributed by atoms with Crippen molar-refractivity contribution in [3.63, 3.8) is 0 Å². The molecule has 0 spiro atoms. The second kappa shape index (κ2) is 6.13. The molecule has 0 amide bonds. The molecule has 8 nitrogen and oxygen atoms in total. The average molecular weight is 280 g/mol. The highest BCUT2D eigenvalue weighted by atomic mass is 16.7. The van der Waals surface area contributed by atoms with Crippen molar-refractivity contribution in [3.05, 3.63) is 41.9 Å². The van der Waals surface area contributed by atoms with Crippen LogP contribution in [0.25, 0.3) is 0 Å². The second-order valence-electron chi connectivity index (χ2n) is 3.90. The summed E-state index contributed by atoms with van der Waals surface area (Å²) in [6.45, 7) is -0.673. The van der Waals surface area contributed by atoms with E-state index in [1.165, 1.54) is 0 Å². The van der Waals surface area contributed by atoms with Gasteiger partial charge in [-0.2, -0.15) is 0 Å². The first-order valence-electron chi connectivity index (χ1n) is 5.69. The van der Waals surface area contributed by atoms with Gasteiger partial charge < -0.3 is 24.9 Å². The van der Waals surface area contributed by atoms with Crippen molar-refractivity contribution in [2.75, 3.05) is 6.61 Å². The molecule has 8 heteroatoms. The topological polar surface area (TPSA) is 121 Å². The van der Waals surface area contributed by atoms with E-state index in [9.17, 15) is 15.0 Å². The molecule has 106 valence electrons. The predicted octanol–water partition coefficient (Wildman–Crippen LogP) is 0.750. The van der Waals surface area contributed by atoms with Crippen LogP contribution in [0.5, 0.6) is 0 Å². The zero-order chi connectivity index (χ0) is 14.5. The minimum Gasteiger partial charge on any atom is -0.499 e. The van der Waals surface area contributed by atoms with E-state index in [0.717, 1.165) is 0 Å². The fourth-order valence-corrected chi connectivity index (χ4v) is 1.51. The number of hydrogen-bond donors (Lipinski definition) is 3. The maximum Gasteiger partial charge on any atom is 0.378 e. The van der Waals surface area contributed by atoms with Gasteiger partial charge in [-0.25, -0.2) is 4.79 Å². The van der Waals surface area contributed by atoms with Gasteiger partial charge in [-0.3, -0.25) is 0 Å². The van der Waals surface area contributed by atoms with E-state index in [1.807, 2.05) is 0 Å². The minimum absolute atomic E-state index is 0.392. The highest BCUT2D eigenvalue weighted by Gasteiger charge is 2.41. The summed E-state index contributed by atoms with van der Waals surface area (Å²) in [6.07, 6.45) is -2.74. The van der Waals surface area contributed by atoms with Crippen LogP contribution >= 0.6 is 0 Å². The Labute approximate surface area is 113 Å². The monoisotopic (exact) mass is 280 g/mol. The van der Waals surface area contributed by atoms with Gasteiger partial charge in [0.05, 0.1) is 12.3 Å². The van der Waals surface area contributed by atoms with Crippen LogP contribution in [0, 0.1) is 0 Å². The zero-order valence-electron chi connectivity index (χ0n) is 10.2. The second-order valence-corrected chi connectivity index (χ2v) is 3.90. The largest absolute Gasteiger partial charge is 0.499 e. The number of carbonyl (C=O) groups is 1. The zero-order valence-corrected chi connectivity index (χ0v) is 10.2. The molecule has 1 heterocycles. The fraction of sp³-hybridized carbons (Fsp3) is 0.250. The lowest BCUT2D eigenvalue weighted by molar-refractivity contribution is -0.148. The van der Waals surface area contributed by atoms with Crippen LogP contribution in [-0.2, 0) is 14.4 Å². The maximum absolute atomic E-state index is 11.2. The fourth-order valence-electron chi connectivity index (χ4n) is 1.51. The third kappa shape index (κ3) is 2.92. The number of carbonyl (C=O) groups excluding carboxylic acids is 1. The molecule has 0 radical (unpaired) electrons. The van der Waals surface area contributed by atoms with Crippen LogP contribution in [0.15, 0.2) is 52.2 Å². The summed E-state index contributed by atoms with van der Waals surface area (Å²) in [4.78, 5) is 16.0. The summed E-state index contributed by atoms with van der Waals surface area (Å²) in [5.74, 6) is -2.27. The van der Waals surface area contributed by atoms with Crippen molar-refractivity contribution >= 4 is 11.7 Å². The molecule has 0 bridgehead atoms. The minimum atomic E-state index is -1.43. The molecule has 0 aliphatic carbocycles. The Hall–Kier alpha value is -2.45. The molecule has 0 fully saturated rings. The molecular weight excluding hydrogens is 268 g/mol. The third-order valence-electron chi connectivity index (χ3n) is 2.51. The van der Waals surface area contributed by atoms with Gasteiger partial charge in [-0.05, 0) is 12.1 Å². The Kier molecular flexibility index (Phi) is 4.28. The SMILES string of the molecule is O=C1O[C@H]([C@@H](O)CO)C(ON=Nc2ccccc2)=C1O. The third-order valence-corrected chi connectivity index (χ3v) is 2.51. The van der Waals surface area contributed by atoms with Crippen molar-refractivity contribution in [1.82, 2.24) is 0 Å². The molecule has 1 aliphatic heterocycles. The molecule has 1 aromatic rings. The van der Waals surface area contributed by atoms with Crippen LogP contribution in [-0.4, -0.2) is 40.1 Å². The molecule has 0 unspecified atom stereocenters. The van der Waals surface area contributed by atoms with E-state index >= 15 is 0 Å². The summed E-state index contributed by atoms with van der Waals surface area (Å²) < 4.78 is 4.64. The number of nitrogens with zero attached hydrogens (tertiary/aromatic N) is 2. The van der Waals surface area contributed by atoms with Crippen LogP contribution in [0.3, 0.4) is 0 Å². The van der Waals surface area contributed by atoms with E-state index in [-0.39, 0.29) is 0 Å². The van der Waals surface area contributed by atoms with Gasteiger partial charge in [0.2, 0.25) is 11.5 Å². The summed E-state index contributed by atoms with van der Waals surface area (Å²) in [7, 11) is 0. The quantitative estimate of drug-likeness (QED) is 0.415. The van der Waals surface area contributed by atoms with Gasteiger partial charge in [-0.15, -0.1) is 5.11 Å². The smallest absolute Gasteiger partial charge is 0.378 e. The van der Waals surface area contributed by atoms with Crippen LogP contribution < -0.4 is 0 Å². The maximum atomic E-state index is 11.2. The summed E-state index contributed by atoms with van der Waals surface area (Å²) in [5, 5.41) is 34.8. The lowest BCUT2D eigenvalue weighted by atomic mass is 10.2. The number of esters is 1. The highest BCUT2D eigenvalue weighted by Crippen LogP contribution is 2.25. The molecule has 20 heavy (non-hydrogen) atoms. The van der Waals surface area contributed by atoms with Gasteiger partial charge in [0.15, 0.2) is 6.10 Å². The van der Waals surface area contributed by atoms with Crippen molar-refractivity contribution < 1.29 is 29.7 Å². The van der Waals surface area contributed by atoms with Crippen molar-refractivity contribution in [1.29, 1.82) is 0 Å². The first kappa shape index (κ1) is 14.0. The van der Waals surface area contributed by atoms with E-state index < -0.39 is 36.3 Å². The molecule has 2 rings (SSSR count). The predicted molar refractivity (Wildman–Crippen MR) is 64.7 cm³/mol. The van der Waals surface area contributed by atoms with Crippen LogP contribution in [0.1, 0.15) is 0 Å². The van der Waals surface area contributed by atoms with E-state index in [2.05, 4.69) is 15.1 Å². The molecular formula is C12H12N2O6. The number of benzene rings is 1. The number of aliphatic hydroxyl groups is 3. The highest BCUT2D eigenvalue weighted by molar-refractivity contribution is 5.89. The number of aliphatic hydroxyl groups excluding tert-OH is 3. The Morgan fingerprint density at radius 3 is 2.70 bits per heavy atom. The van der Waals surface area contributed by atoms with Crippen LogP contribution in [0.4, 0.5) is 5.69 Å². The van der Waals surface area contributed by atoms with Gasteiger partial charge in [-0.1, -0.05) is 18.2 Å². The van der Waals surface area contributed by atoms with Gasteiger partial charge in [0.25, 0.3) is 0 Å². The molecule has 0 aromatic heterocycles. The van der Waals surface area contributed by atoms with Crippen molar-refractivity contribution in [2.24, 2.45) is 10.4 Å². The summed E-state index contributed by atoms with van der Waals surface area (Å²) >= 11 is 0. The number of cyclic esters (lactones) is 1. The van der Waals surface area contributed by atoms with Crippen molar-refractivity contribution in [3.8, 4) is 0 Å². The Balaban J connectivity index is 2.10. The Morgan fingerprint density at radius 2 is 2.05 bits per heavy atom. The van der Waals surface area contributed by atoms with Gasteiger partial charge in [0, 0.05) is 5.28 Å². The molecule has 1 aromatic carbocycles. The standard InChI is InChI=1S/C12H12N2O6/c15-6-8(16)10-11(9(17)12(18)19-10)20-14-13-7-4-2-1-3-5-7/h1-5,8,10,15-17H,6H2/t8-,10+/m0/s1. The van der Waals surface area contributed by atoms with E-state index in [4.69, 9.17) is 9.94 Å². The Bertz CT molecular complexity index is 542. The first-order valence-corrected chi connectivity index (χ1v) is 5.69. The lowest BCUT2D eigenvalue weighted by Gasteiger charge is -2.15. The first-order chi connectivity index (χ1) is 9.63. The molecule has 3 N–H and O–H groups in total. The normalized spacial score (nSPS) is 20.3. The molecule has 0 saturated carbocycles. The summed E-state index contributed by atoms with van der Waals surface area (Å²) in [5.41, 5.74) is 0.497. The summed E-state index contributed by atoms with van der Waals surface area (Å²) in [6, 6.07) is 8.61. The molecule has 0 saturated heterocycles. The van der Waals surface area contributed by atoms with E-state index in [0.29, 0.717) is 5.69 Å². The molecule has 1 aliphatic rings. The molecule has 2 atom stereocenters. The lowest BCUT2D eigenvalue weighted by Crippen LogP contribution is -2.32. The van der Waals surface area contributed by atoms with Crippen molar-refractivity contribution in [2.45, 2.75) is 12.2 Å².